The first-order valence-corrected chi connectivity index (χ1v) is 10.8. The number of primary sulfonamides is 1. The standard InChI is InChI=1S/C16H20N6O2S2/c1-9-8-18-16(12-5-6-14(25-12)26(17,23)24)20-15(9)19-13-7-11(10-3-4-10)22(2)21-13/h6-8,10,12H,3-5H2,1-2H3,(H2,17,23,24)(H,18,19,20,21). The number of allylic oxidation sites excluding steroid dienone is 1. The largest absolute Gasteiger partial charge is 0.323 e. The van der Waals surface area contributed by atoms with Gasteiger partial charge >= 0.3 is 0 Å². The number of thioether (sulfide) groups is 1. The summed E-state index contributed by atoms with van der Waals surface area (Å²) in [6, 6.07) is 2.06. The SMILES string of the molecule is Cc1cnc(C2CC=C(S(N)(=O)=O)S2)nc1Nc1cc(C2CC2)n(C)n1. The van der Waals surface area contributed by atoms with Crippen LogP contribution in [0.25, 0.3) is 0 Å². The minimum atomic E-state index is -3.67. The number of hydrogen-bond acceptors (Lipinski definition) is 7. The molecule has 1 aliphatic heterocycles. The second kappa shape index (κ2) is 6.36. The molecule has 3 N–H and O–H groups in total. The van der Waals surface area contributed by atoms with Crippen molar-refractivity contribution in [3.63, 3.8) is 0 Å². The van der Waals surface area contributed by atoms with Gasteiger partial charge in [-0.05, 0) is 26.2 Å². The number of rotatable bonds is 5. The fourth-order valence-corrected chi connectivity index (χ4v) is 5.04. The van der Waals surface area contributed by atoms with E-state index in [-0.39, 0.29) is 9.49 Å². The highest BCUT2D eigenvalue weighted by molar-refractivity contribution is 8.18. The van der Waals surface area contributed by atoms with Crippen molar-refractivity contribution in [3.05, 3.63) is 39.7 Å². The highest BCUT2D eigenvalue weighted by Gasteiger charge is 2.29. The Morgan fingerprint density at radius 2 is 2.15 bits per heavy atom. The van der Waals surface area contributed by atoms with Crippen LogP contribution in [0.5, 0.6) is 0 Å². The fraction of sp³-hybridized carbons (Fsp3) is 0.438. The summed E-state index contributed by atoms with van der Waals surface area (Å²) in [5, 5.41) is 12.8. The van der Waals surface area contributed by atoms with Gasteiger partial charge in [-0.25, -0.2) is 23.5 Å². The number of anilines is 2. The average Bonchev–Trinajstić information content (AvgIpc) is 3.14. The van der Waals surface area contributed by atoms with Crippen molar-refractivity contribution in [1.82, 2.24) is 19.7 Å². The number of sulfonamides is 1. The van der Waals surface area contributed by atoms with Crippen LogP contribution in [-0.4, -0.2) is 28.2 Å². The molecule has 0 aromatic carbocycles. The maximum absolute atomic E-state index is 11.5. The Labute approximate surface area is 156 Å². The van der Waals surface area contributed by atoms with E-state index >= 15 is 0 Å². The van der Waals surface area contributed by atoms with Gasteiger partial charge in [0, 0.05) is 36.5 Å². The molecule has 0 radical (unpaired) electrons. The lowest BCUT2D eigenvalue weighted by atomic mass is 10.2. The van der Waals surface area contributed by atoms with E-state index in [4.69, 9.17) is 5.14 Å². The number of nitrogens with two attached hydrogens (primary N) is 1. The minimum absolute atomic E-state index is 0.157. The quantitative estimate of drug-likeness (QED) is 0.803. The van der Waals surface area contributed by atoms with Gasteiger partial charge in [-0.15, -0.1) is 11.8 Å². The van der Waals surface area contributed by atoms with Crippen molar-refractivity contribution in [1.29, 1.82) is 0 Å². The molecule has 26 heavy (non-hydrogen) atoms. The molecule has 2 aromatic rings. The zero-order valence-electron chi connectivity index (χ0n) is 14.5. The van der Waals surface area contributed by atoms with Crippen molar-refractivity contribution in [2.75, 3.05) is 5.32 Å². The smallest absolute Gasteiger partial charge is 0.243 e. The van der Waals surface area contributed by atoms with Gasteiger partial charge in [0.05, 0.1) is 5.25 Å². The lowest BCUT2D eigenvalue weighted by Gasteiger charge is -2.12. The Morgan fingerprint density at radius 3 is 2.81 bits per heavy atom. The number of hydrogen-bond donors (Lipinski definition) is 2. The van der Waals surface area contributed by atoms with Gasteiger partial charge < -0.3 is 5.32 Å². The highest BCUT2D eigenvalue weighted by Crippen LogP contribution is 2.44. The molecule has 138 valence electrons. The van der Waals surface area contributed by atoms with E-state index in [1.807, 2.05) is 18.7 Å². The second-order valence-corrected chi connectivity index (χ2v) is 9.68. The molecule has 4 rings (SSSR count). The third-order valence-electron chi connectivity index (χ3n) is 4.47. The molecule has 1 unspecified atom stereocenters. The first-order chi connectivity index (χ1) is 12.3. The summed E-state index contributed by atoms with van der Waals surface area (Å²) >= 11 is 1.19. The summed E-state index contributed by atoms with van der Waals surface area (Å²) < 4.78 is 25.1. The Kier molecular flexibility index (Phi) is 4.28. The average molecular weight is 393 g/mol. The lowest BCUT2D eigenvalue weighted by molar-refractivity contribution is 0.605. The number of aromatic nitrogens is 4. The zero-order chi connectivity index (χ0) is 18.5. The molecule has 0 saturated heterocycles. The van der Waals surface area contributed by atoms with Crippen LogP contribution >= 0.6 is 11.8 Å². The maximum Gasteiger partial charge on any atom is 0.243 e. The predicted molar refractivity (Wildman–Crippen MR) is 101 cm³/mol. The zero-order valence-corrected chi connectivity index (χ0v) is 16.1. The van der Waals surface area contributed by atoms with Crippen molar-refractivity contribution < 1.29 is 8.42 Å². The third kappa shape index (κ3) is 3.49. The molecule has 2 aromatic heterocycles. The third-order valence-corrected chi connectivity index (χ3v) is 7.27. The molecule has 1 atom stereocenters. The van der Waals surface area contributed by atoms with Gasteiger partial charge in [0.15, 0.2) is 5.82 Å². The van der Waals surface area contributed by atoms with Crippen molar-refractivity contribution in [2.24, 2.45) is 12.2 Å². The maximum atomic E-state index is 11.5. The molecular formula is C16H20N6O2S2. The van der Waals surface area contributed by atoms with Crippen molar-refractivity contribution in [2.45, 2.75) is 37.4 Å². The normalized spacial score (nSPS) is 20.3. The summed E-state index contributed by atoms with van der Waals surface area (Å²) in [5.41, 5.74) is 2.13. The van der Waals surface area contributed by atoms with Gasteiger partial charge in [-0.2, -0.15) is 5.10 Å². The van der Waals surface area contributed by atoms with Gasteiger partial charge in [0.1, 0.15) is 15.9 Å². The second-order valence-electron chi connectivity index (χ2n) is 6.65. The first-order valence-electron chi connectivity index (χ1n) is 8.35. The molecule has 8 nitrogen and oxygen atoms in total. The Bertz CT molecular complexity index is 994. The van der Waals surface area contributed by atoms with E-state index < -0.39 is 10.0 Å². The summed E-state index contributed by atoms with van der Waals surface area (Å²) in [4.78, 5) is 8.98. The van der Waals surface area contributed by atoms with Crippen LogP contribution < -0.4 is 10.5 Å². The molecule has 1 fully saturated rings. The summed E-state index contributed by atoms with van der Waals surface area (Å²) in [5.74, 6) is 2.63. The van der Waals surface area contributed by atoms with Crippen molar-refractivity contribution >= 4 is 33.4 Å². The van der Waals surface area contributed by atoms with E-state index in [0.717, 1.165) is 11.4 Å². The van der Waals surface area contributed by atoms with E-state index in [1.54, 1.807) is 12.3 Å². The lowest BCUT2D eigenvalue weighted by Crippen LogP contribution is -2.12. The molecule has 10 heteroatoms. The van der Waals surface area contributed by atoms with Crippen LogP contribution in [0.3, 0.4) is 0 Å². The summed E-state index contributed by atoms with van der Waals surface area (Å²) in [7, 11) is -1.72. The van der Waals surface area contributed by atoms with Crippen LogP contribution in [0.2, 0.25) is 0 Å². The van der Waals surface area contributed by atoms with Gasteiger partial charge in [0.25, 0.3) is 0 Å². The van der Waals surface area contributed by atoms with E-state index in [1.165, 1.54) is 30.3 Å². The van der Waals surface area contributed by atoms with Crippen molar-refractivity contribution in [3.8, 4) is 0 Å². The summed E-state index contributed by atoms with van der Waals surface area (Å²) in [6.45, 7) is 1.92. The van der Waals surface area contributed by atoms with Crippen LogP contribution in [0, 0.1) is 6.92 Å². The molecule has 1 saturated carbocycles. The Balaban J connectivity index is 1.55. The van der Waals surface area contributed by atoms with Crippen LogP contribution in [0.15, 0.2) is 22.6 Å². The predicted octanol–water partition coefficient (Wildman–Crippen LogP) is 2.45. The Morgan fingerprint density at radius 1 is 1.38 bits per heavy atom. The van der Waals surface area contributed by atoms with Crippen LogP contribution in [0.1, 0.15) is 47.5 Å². The molecular weight excluding hydrogens is 372 g/mol. The molecule has 2 aliphatic rings. The molecule has 1 aliphatic carbocycles. The van der Waals surface area contributed by atoms with E-state index in [9.17, 15) is 8.42 Å². The highest BCUT2D eigenvalue weighted by atomic mass is 32.3. The fourth-order valence-electron chi connectivity index (χ4n) is 2.94. The molecule has 0 amide bonds. The van der Waals surface area contributed by atoms with Gasteiger partial charge in [0.2, 0.25) is 10.0 Å². The number of nitrogens with one attached hydrogen (secondary N) is 1. The van der Waals surface area contributed by atoms with Crippen LogP contribution in [-0.2, 0) is 17.1 Å². The molecule has 0 bridgehead atoms. The molecule has 3 heterocycles. The van der Waals surface area contributed by atoms with Crippen LogP contribution in [0.4, 0.5) is 11.6 Å². The molecule has 0 spiro atoms. The monoisotopic (exact) mass is 392 g/mol. The van der Waals surface area contributed by atoms with Gasteiger partial charge in [-0.3, -0.25) is 4.68 Å². The van der Waals surface area contributed by atoms with Gasteiger partial charge in [-0.1, -0.05) is 6.08 Å². The number of nitrogens with zero attached hydrogens (tertiary/aromatic N) is 4. The number of aryl methyl sites for hydroxylation is 2. The topological polar surface area (TPSA) is 116 Å². The Hall–Kier alpha value is -1.91. The summed E-state index contributed by atoms with van der Waals surface area (Å²) in [6.07, 6.45) is 6.34. The van der Waals surface area contributed by atoms with E-state index in [2.05, 4.69) is 26.4 Å². The van der Waals surface area contributed by atoms with E-state index in [0.29, 0.717) is 24.0 Å². The first kappa shape index (κ1) is 17.5. The minimum Gasteiger partial charge on any atom is -0.323 e.